The predicted molar refractivity (Wildman–Crippen MR) is 101 cm³/mol. The summed E-state index contributed by atoms with van der Waals surface area (Å²) >= 11 is 6.04. The quantitative estimate of drug-likeness (QED) is 0.635. The SMILES string of the molecule is Cc1c[nH]c2c(Nc3cccc(Cl)c3)ncc(C(=O)NCC3CC3)c12. The van der Waals surface area contributed by atoms with Crippen molar-refractivity contribution in [2.75, 3.05) is 11.9 Å². The Balaban J connectivity index is 1.68. The average molecular weight is 355 g/mol. The first kappa shape index (κ1) is 16.0. The van der Waals surface area contributed by atoms with E-state index in [4.69, 9.17) is 11.6 Å². The van der Waals surface area contributed by atoms with E-state index in [1.807, 2.05) is 37.4 Å². The standard InChI is InChI=1S/C19H19ClN4O/c1-11-8-21-17-16(11)15(19(25)23-9-12-5-6-12)10-22-18(17)24-14-4-2-3-13(20)7-14/h2-4,7-8,10,12,21H,5-6,9H2,1H3,(H,22,24)(H,23,25). The summed E-state index contributed by atoms with van der Waals surface area (Å²) in [4.78, 5) is 20.2. The summed E-state index contributed by atoms with van der Waals surface area (Å²) in [6.45, 7) is 2.73. The van der Waals surface area contributed by atoms with Gasteiger partial charge in [-0.05, 0) is 49.4 Å². The lowest BCUT2D eigenvalue weighted by molar-refractivity contribution is 0.0953. The van der Waals surface area contributed by atoms with Crippen LogP contribution in [0.5, 0.6) is 0 Å². The van der Waals surface area contributed by atoms with Gasteiger partial charge in [0.15, 0.2) is 5.82 Å². The zero-order chi connectivity index (χ0) is 17.4. The van der Waals surface area contributed by atoms with Crippen molar-refractivity contribution in [3.63, 3.8) is 0 Å². The highest BCUT2D eigenvalue weighted by Gasteiger charge is 2.23. The Hall–Kier alpha value is -2.53. The third-order valence-electron chi connectivity index (χ3n) is 4.49. The van der Waals surface area contributed by atoms with Gasteiger partial charge in [0.25, 0.3) is 5.91 Å². The highest BCUT2D eigenvalue weighted by Crippen LogP contribution is 2.30. The van der Waals surface area contributed by atoms with Gasteiger partial charge in [-0.1, -0.05) is 17.7 Å². The molecule has 0 bridgehead atoms. The van der Waals surface area contributed by atoms with E-state index in [2.05, 4.69) is 20.6 Å². The maximum absolute atomic E-state index is 12.6. The minimum absolute atomic E-state index is 0.0681. The van der Waals surface area contributed by atoms with Crippen LogP contribution in [0.1, 0.15) is 28.8 Å². The molecule has 2 aromatic heterocycles. The van der Waals surface area contributed by atoms with Crippen molar-refractivity contribution in [1.29, 1.82) is 0 Å². The fraction of sp³-hybridized carbons (Fsp3) is 0.263. The van der Waals surface area contributed by atoms with Gasteiger partial charge in [-0.3, -0.25) is 4.79 Å². The van der Waals surface area contributed by atoms with E-state index < -0.39 is 0 Å². The molecule has 0 unspecified atom stereocenters. The smallest absolute Gasteiger partial charge is 0.253 e. The van der Waals surface area contributed by atoms with Crippen molar-refractivity contribution < 1.29 is 4.79 Å². The fourth-order valence-corrected chi connectivity index (χ4v) is 3.13. The molecule has 0 radical (unpaired) electrons. The number of aryl methyl sites for hydroxylation is 1. The van der Waals surface area contributed by atoms with Crippen LogP contribution in [-0.4, -0.2) is 22.4 Å². The van der Waals surface area contributed by atoms with E-state index in [0.29, 0.717) is 22.3 Å². The Kier molecular flexibility index (Phi) is 4.09. The average Bonchev–Trinajstić information content (AvgIpc) is 3.35. The molecule has 1 fully saturated rings. The van der Waals surface area contributed by atoms with Crippen molar-refractivity contribution in [2.45, 2.75) is 19.8 Å². The Morgan fingerprint density at radius 3 is 3.00 bits per heavy atom. The molecule has 25 heavy (non-hydrogen) atoms. The van der Waals surface area contributed by atoms with Crippen molar-refractivity contribution in [1.82, 2.24) is 15.3 Å². The van der Waals surface area contributed by atoms with Crippen molar-refractivity contribution in [2.24, 2.45) is 5.92 Å². The van der Waals surface area contributed by atoms with Gasteiger partial charge in [-0.15, -0.1) is 0 Å². The molecule has 4 rings (SSSR count). The number of fused-ring (bicyclic) bond motifs is 1. The number of benzene rings is 1. The van der Waals surface area contributed by atoms with E-state index >= 15 is 0 Å². The van der Waals surface area contributed by atoms with Crippen LogP contribution in [0.3, 0.4) is 0 Å². The number of hydrogen-bond acceptors (Lipinski definition) is 3. The number of anilines is 2. The Morgan fingerprint density at radius 1 is 1.40 bits per heavy atom. The lowest BCUT2D eigenvalue weighted by atomic mass is 10.1. The van der Waals surface area contributed by atoms with E-state index in [0.717, 1.165) is 28.7 Å². The molecule has 2 heterocycles. The van der Waals surface area contributed by atoms with Crippen LogP contribution in [0, 0.1) is 12.8 Å². The third kappa shape index (κ3) is 3.33. The normalized spacial score (nSPS) is 13.8. The number of pyridine rings is 1. The monoisotopic (exact) mass is 354 g/mol. The highest BCUT2D eigenvalue weighted by molar-refractivity contribution is 6.30. The minimum atomic E-state index is -0.0681. The number of rotatable bonds is 5. The van der Waals surface area contributed by atoms with Crippen LogP contribution in [-0.2, 0) is 0 Å². The molecule has 5 nitrogen and oxygen atoms in total. The molecule has 0 saturated heterocycles. The van der Waals surface area contributed by atoms with Gasteiger partial charge >= 0.3 is 0 Å². The highest BCUT2D eigenvalue weighted by atomic mass is 35.5. The number of carbonyl (C=O) groups is 1. The fourth-order valence-electron chi connectivity index (χ4n) is 2.94. The molecule has 1 aliphatic carbocycles. The Bertz CT molecular complexity index is 946. The lowest BCUT2D eigenvalue weighted by Gasteiger charge is -2.11. The second kappa shape index (κ2) is 6.41. The number of nitrogens with zero attached hydrogens (tertiary/aromatic N) is 1. The van der Waals surface area contributed by atoms with Crippen LogP contribution >= 0.6 is 11.6 Å². The van der Waals surface area contributed by atoms with Gasteiger partial charge in [-0.25, -0.2) is 4.98 Å². The van der Waals surface area contributed by atoms with Crippen molar-refractivity contribution in [3.05, 3.63) is 52.8 Å². The number of hydrogen-bond donors (Lipinski definition) is 3. The molecule has 1 saturated carbocycles. The first-order valence-electron chi connectivity index (χ1n) is 8.39. The lowest BCUT2D eigenvalue weighted by Crippen LogP contribution is -2.26. The van der Waals surface area contributed by atoms with Crippen LogP contribution in [0.4, 0.5) is 11.5 Å². The first-order valence-corrected chi connectivity index (χ1v) is 8.77. The molecule has 0 aliphatic heterocycles. The molecular formula is C19H19ClN4O. The number of H-pyrrole nitrogens is 1. The number of carbonyl (C=O) groups excluding carboxylic acids is 1. The molecule has 0 spiro atoms. The van der Waals surface area contributed by atoms with Gasteiger partial charge < -0.3 is 15.6 Å². The minimum Gasteiger partial charge on any atom is -0.358 e. The molecule has 1 aromatic carbocycles. The zero-order valence-electron chi connectivity index (χ0n) is 13.9. The summed E-state index contributed by atoms with van der Waals surface area (Å²) in [5.74, 6) is 1.24. The number of amides is 1. The summed E-state index contributed by atoms with van der Waals surface area (Å²) in [6.07, 6.45) is 5.95. The van der Waals surface area contributed by atoms with Crippen LogP contribution in [0.2, 0.25) is 5.02 Å². The van der Waals surface area contributed by atoms with E-state index in [9.17, 15) is 4.79 Å². The molecule has 128 valence electrons. The molecule has 1 aliphatic rings. The van der Waals surface area contributed by atoms with Crippen molar-refractivity contribution >= 4 is 39.9 Å². The summed E-state index contributed by atoms with van der Waals surface area (Å²) < 4.78 is 0. The van der Waals surface area contributed by atoms with Gasteiger partial charge in [0.1, 0.15) is 0 Å². The second-order valence-corrected chi connectivity index (χ2v) is 6.97. The summed E-state index contributed by atoms with van der Waals surface area (Å²) in [6, 6.07) is 7.45. The summed E-state index contributed by atoms with van der Waals surface area (Å²) in [7, 11) is 0. The van der Waals surface area contributed by atoms with Gasteiger partial charge in [0.2, 0.25) is 0 Å². The van der Waals surface area contributed by atoms with Crippen LogP contribution < -0.4 is 10.6 Å². The maximum Gasteiger partial charge on any atom is 0.253 e. The van der Waals surface area contributed by atoms with E-state index in [1.165, 1.54) is 12.8 Å². The first-order chi connectivity index (χ1) is 12.1. The topological polar surface area (TPSA) is 69.8 Å². The van der Waals surface area contributed by atoms with Gasteiger partial charge in [0, 0.05) is 35.0 Å². The Labute approximate surface area is 150 Å². The number of nitrogens with one attached hydrogen (secondary N) is 3. The van der Waals surface area contributed by atoms with Crippen LogP contribution in [0.15, 0.2) is 36.7 Å². The number of aromatic nitrogens is 2. The van der Waals surface area contributed by atoms with Crippen molar-refractivity contribution in [3.8, 4) is 0 Å². The number of aromatic amines is 1. The summed E-state index contributed by atoms with van der Waals surface area (Å²) in [5.41, 5.74) is 3.28. The third-order valence-corrected chi connectivity index (χ3v) is 4.72. The molecule has 3 N–H and O–H groups in total. The van der Waals surface area contributed by atoms with E-state index in [-0.39, 0.29) is 5.91 Å². The zero-order valence-corrected chi connectivity index (χ0v) is 14.7. The van der Waals surface area contributed by atoms with E-state index in [1.54, 1.807) is 6.20 Å². The molecule has 0 atom stereocenters. The second-order valence-electron chi connectivity index (χ2n) is 6.53. The Morgan fingerprint density at radius 2 is 2.24 bits per heavy atom. The maximum atomic E-state index is 12.6. The number of halogens is 1. The predicted octanol–water partition coefficient (Wildman–Crippen LogP) is 4.41. The van der Waals surface area contributed by atoms with Gasteiger partial charge in [0.05, 0.1) is 11.1 Å². The molecule has 1 amide bonds. The summed E-state index contributed by atoms with van der Waals surface area (Å²) in [5, 5.41) is 7.83. The molecule has 3 aromatic rings. The largest absolute Gasteiger partial charge is 0.358 e. The molecular weight excluding hydrogens is 336 g/mol. The van der Waals surface area contributed by atoms with Crippen LogP contribution in [0.25, 0.3) is 10.9 Å². The molecule has 6 heteroatoms. The van der Waals surface area contributed by atoms with Gasteiger partial charge in [-0.2, -0.15) is 0 Å².